The minimum atomic E-state index is -1.15. The van der Waals surface area contributed by atoms with Gasteiger partial charge in [0.2, 0.25) is 0 Å². The van der Waals surface area contributed by atoms with Crippen molar-refractivity contribution in [2.24, 2.45) is 0 Å². The third-order valence-electron chi connectivity index (χ3n) is 5.75. The van der Waals surface area contributed by atoms with Crippen LogP contribution in [-0.4, -0.2) is 24.2 Å². The zero-order valence-corrected chi connectivity index (χ0v) is 22.0. The first-order valence-electron chi connectivity index (χ1n) is 11.7. The van der Waals surface area contributed by atoms with Crippen LogP contribution in [0, 0.1) is 6.92 Å². The lowest BCUT2D eigenvalue weighted by Gasteiger charge is -2.28. The zero-order valence-electron chi connectivity index (χ0n) is 21.2. The topological polar surface area (TPSA) is 57.7 Å². The molecule has 5 nitrogen and oxygen atoms in total. The molecule has 0 amide bonds. The Kier molecular flexibility index (Phi) is 8.16. The predicted octanol–water partition coefficient (Wildman–Crippen LogP) is 6.81. The lowest BCUT2D eigenvalue weighted by atomic mass is 9.87. The number of ether oxygens (including phenoxy) is 3. The van der Waals surface area contributed by atoms with Gasteiger partial charge in [-0.3, -0.25) is 0 Å². The molecule has 2 aromatic carbocycles. The van der Waals surface area contributed by atoms with Crippen LogP contribution in [-0.2, 0) is 31.9 Å². The van der Waals surface area contributed by atoms with Crippen LogP contribution < -0.4 is 4.74 Å². The summed E-state index contributed by atoms with van der Waals surface area (Å²) in [5, 5.41) is 3.01. The Hall–Kier alpha value is -2.70. The highest BCUT2D eigenvalue weighted by atomic mass is 32.1. The van der Waals surface area contributed by atoms with Crippen LogP contribution in [0.15, 0.2) is 47.8 Å². The van der Waals surface area contributed by atoms with Gasteiger partial charge in [-0.05, 0) is 61.9 Å². The van der Waals surface area contributed by atoms with E-state index in [0.717, 1.165) is 33.1 Å². The SMILES string of the molecule is CCOC(=O)C(C)(OCC)c1ccc(OCc2csc(-c3ccc(C(C)(C)C)cc3)n2)c(C)c1. The standard InChI is InChI=1S/C28H35NO4S/c1-8-31-26(30)28(7,33-9-2)22-14-15-24(19(3)16-22)32-17-23-18-34-25(29-23)20-10-12-21(13-11-20)27(4,5)6/h10-16,18H,8-9,17H2,1-7H3. The van der Waals surface area contributed by atoms with Gasteiger partial charge in [0, 0.05) is 17.6 Å². The van der Waals surface area contributed by atoms with Crippen LogP contribution in [0.25, 0.3) is 10.6 Å². The fourth-order valence-electron chi connectivity index (χ4n) is 3.70. The van der Waals surface area contributed by atoms with E-state index in [9.17, 15) is 4.79 Å². The van der Waals surface area contributed by atoms with E-state index in [2.05, 4.69) is 45.0 Å². The Morgan fingerprint density at radius 3 is 2.24 bits per heavy atom. The summed E-state index contributed by atoms with van der Waals surface area (Å²) in [5.41, 5.74) is 3.94. The van der Waals surface area contributed by atoms with Crippen LogP contribution in [0.1, 0.15) is 63.9 Å². The van der Waals surface area contributed by atoms with Crippen molar-refractivity contribution in [3.63, 3.8) is 0 Å². The lowest BCUT2D eigenvalue weighted by molar-refractivity contribution is -0.171. The molecule has 0 radical (unpaired) electrons. The molecule has 3 rings (SSSR count). The van der Waals surface area contributed by atoms with Crippen molar-refractivity contribution in [2.45, 2.75) is 66.1 Å². The average molecular weight is 482 g/mol. The van der Waals surface area contributed by atoms with Crippen LogP contribution in [0.4, 0.5) is 0 Å². The smallest absolute Gasteiger partial charge is 0.342 e. The number of esters is 1. The normalized spacial score (nSPS) is 13.4. The number of thiazole rings is 1. The van der Waals surface area contributed by atoms with E-state index in [4.69, 9.17) is 19.2 Å². The summed E-state index contributed by atoms with van der Waals surface area (Å²) in [7, 11) is 0. The molecule has 0 aliphatic heterocycles. The maximum Gasteiger partial charge on any atom is 0.342 e. The maximum atomic E-state index is 12.6. The van der Waals surface area contributed by atoms with Gasteiger partial charge in [0.1, 0.15) is 17.4 Å². The van der Waals surface area contributed by atoms with Gasteiger partial charge in [-0.2, -0.15) is 0 Å². The summed E-state index contributed by atoms with van der Waals surface area (Å²) in [4.78, 5) is 17.3. The highest BCUT2D eigenvalue weighted by Crippen LogP contribution is 2.32. The zero-order chi connectivity index (χ0) is 24.9. The molecule has 34 heavy (non-hydrogen) atoms. The number of carbonyl (C=O) groups excluding carboxylic acids is 1. The Labute approximate surface area is 207 Å². The van der Waals surface area contributed by atoms with Gasteiger partial charge < -0.3 is 14.2 Å². The van der Waals surface area contributed by atoms with Crippen LogP contribution in [0.5, 0.6) is 5.75 Å². The molecule has 0 fully saturated rings. The molecule has 182 valence electrons. The molecule has 0 bridgehead atoms. The number of aryl methyl sites for hydroxylation is 1. The molecule has 0 saturated heterocycles. The van der Waals surface area contributed by atoms with Crippen molar-refractivity contribution in [3.8, 4) is 16.3 Å². The molecule has 0 N–H and O–H groups in total. The lowest BCUT2D eigenvalue weighted by Crippen LogP contribution is -2.37. The quantitative estimate of drug-likeness (QED) is 0.314. The van der Waals surface area contributed by atoms with Crippen LogP contribution in [0.2, 0.25) is 0 Å². The number of hydrogen-bond donors (Lipinski definition) is 0. The van der Waals surface area contributed by atoms with Crippen molar-refractivity contribution in [3.05, 3.63) is 70.2 Å². The fraction of sp³-hybridized carbons (Fsp3) is 0.429. The Morgan fingerprint density at radius 1 is 0.971 bits per heavy atom. The van der Waals surface area contributed by atoms with Crippen molar-refractivity contribution in [1.82, 2.24) is 4.98 Å². The summed E-state index contributed by atoms with van der Waals surface area (Å²) in [6.07, 6.45) is 0. The van der Waals surface area contributed by atoms with Gasteiger partial charge in [0.05, 0.1) is 12.3 Å². The average Bonchev–Trinajstić information content (AvgIpc) is 3.27. The van der Waals surface area contributed by atoms with Gasteiger partial charge in [-0.25, -0.2) is 9.78 Å². The molecule has 6 heteroatoms. The molecule has 0 aliphatic rings. The minimum absolute atomic E-state index is 0.129. The van der Waals surface area contributed by atoms with Crippen molar-refractivity contribution < 1.29 is 19.0 Å². The first-order valence-corrected chi connectivity index (χ1v) is 12.6. The first kappa shape index (κ1) is 25.9. The van der Waals surface area contributed by atoms with Gasteiger partial charge in [-0.15, -0.1) is 11.3 Å². The minimum Gasteiger partial charge on any atom is -0.487 e. The summed E-state index contributed by atoms with van der Waals surface area (Å²) >= 11 is 1.62. The fourth-order valence-corrected chi connectivity index (χ4v) is 4.51. The molecule has 1 atom stereocenters. The Bertz CT molecular complexity index is 1110. The van der Waals surface area contributed by atoms with E-state index >= 15 is 0 Å². The number of carbonyl (C=O) groups is 1. The highest BCUT2D eigenvalue weighted by molar-refractivity contribution is 7.13. The molecule has 0 saturated carbocycles. The Morgan fingerprint density at radius 2 is 1.65 bits per heavy atom. The van der Waals surface area contributed by atoms with E-state index in [-0.39, 0.29) is 5.41 Å². The largest absolute Gasteiger partial charge is 0.487 e. The third kappa shape index (κ3) is 5.86. The first-order chi connectivity index (χ1) is 16.1. The van der Waals surface area contributed by atoms with Crippen LogP contribution >= 0.6 is 11.3 Å². The summed E-state index contributed by atoms with van der Waals surface area (Å²) < 4.78 is 17.1. The van der Waals surface area contributed by atoms with E-state index < -0.39 is 11.6 Å². The number of aromatic nitrogens is 1. The van der Waals surface area contributed by atoms with Gasteiger partial charge >= 0.3 is 5.97 Å². The van der Waals surface area contributed by atoms with E-state index in [1.165, 1.54) is 5.56 Å². The Balaban J connectivity index is 1.71. The summed E-state index contributed by atoms with van der Waals surface area (Å²) in [5.74, 6) is 0.353. The number of hydrogen-bond acceptors (Lipinski definition) is 6. The van der Waals surface area contributed by atoms with E-state index in [1.54, 1.807) is 25.2 Å². The number of nitrogens with zero attached hydrogens (tertiary/aromatic N) is 1. The molecule has 0 aliphatic carbocycles. The van der Waals surface area contributed by atoms with Gasteiger partial charge in [-0.1, -0.05) is 51.1 Å². The predicted molar refractivity (Wildman–Crippen MR) is 137 cm³/mol. The second-order valence-corrected chi connectivity index (χ2v) is 10.3. The second kappa shape index (κ2) is 10.7. The molecular weight excluding hydrogens is 446 g/mol. The monoisotopic (exact) mass is 481 g/mol. The van der Waals surface area contributed by atoms with Crippen molar-refractivity contribution in [1.29, 1.82) is 0 Å². The molecular formula is C28H35NO4S. The maximum absolute atomic E-state index is 12.6. The molecule has 0 spiro atoms. The number of rotatable bonds is 9. The summed E-state index contributed by atoms with van der Waals surface area (Å²) in [6.45, 7) is 15.1. The summed E-state index contributed by atoms with van der Waals surface area (Å²) in [6, 6.07) is 14.3. The highest BCUT2D eigenvalue weighted by Gasteiger charge is 2.38. The molecule has 1 heterocycles. The van der Waals surface area contributed by atoms with E-state index in [0.29, 0.717) is 19.8 Å². The van der Waals surface area contributed by atoms with Crippen molar-refractivity contribution in [2.75, 3.05) is 13.2 Å². The van der Waals surface area contributed by atoms with E-state index in [1.807, 2.05) is 37.4 Å². The molecule has 1 aromatic heterocycles. The van der Waals surface area contributed by atoms with Gasteiger partial charge in [0.25, 0.3) is 0 Å². The van der Waals surface area contributed by atoms with Crippen molar-refractivity contribution >= 4 is 17.3 Å². The third-order valence-corrected chi connectivity index (χ3v) is 6.69. The number of benzene rings is 2. The van der Waals surface area contributed by atoms with Crippen LogP contribution in [0.3, 0.4) is 0 Å². The molecule has 3 aromatic rings. The van der Waals surface area contributed by atoms with Gasteiger partial charge in [0.15, 0.2) is 5.60 Å². The second-order valence-electron chi connectivity index (χ2n) is 9.43. The molecule has 1 unspecified atom stereocenters.